The van der Waals surface area contributed by atoms with Crippen LogP contribution in [0.5, 0.6) is 0 Å². The summed E-state index contributed by atoms with van der Waals surface area (Å²) < 4.78 is 34.8. The molecule has 2 bridgehead atoms. The molecule has 0 aromatic carbocycles. The quantitative estimate of drug-likeness (QED) is 0.258. The van der Waals surface area contributed by atoms with E-state index in [1.165, 1.54) is 23.8 Å². The molecule has 13 nitrogen and oxygen atoms in total. The van der Waals surface area contributed by atoms with Gasteiger partial charge in [-0.15, -0.1) is 0 Å². The monoisotopic (exact) mass is 552 g/mol. The van der Waals surface area contributed by atoms with E-state index >= 15 is 0 Å². The number of ether oxygens (including phenoxy) is 1. The Balaban J connectivity index is 1.34. The second-order valence-electron chi connectivity index (χ2n) is 9.54. The van der Waals surface area contributed by atoms with Gasteiger partial charge in [0.15, 0.2) is 16.9 Å². The van der Waals surface area contributed by atoms with Gasteiger partial charge in [0.05, 0.1) is 18.5 Å². The number of hydrogen-bond acceptors (Lipinski definition) is 9. The molecule has 16 heteroatoms. The van der Waals surface area contributed by atoms with E-state index < -0.39 is 52.1 Å². The smallest absolute Gasteiger partial charge is 0.340 e. The van der Waals surface area contributed by atoms with E-state index in [-0.39, 0.29) is 11.0 Å². The molecule has 1 saturated heterocycles. The molecule has 5 rings (SSSR count). The van der Waals surface area contributed by atoms with Crippen LogP contribution in [0.4, 0.5) is 5.69 Å². The zero-order chi connectivity index (χ0) is 25.1. The maximum atomic E-state index is 11.9. The number of nitrogens with one attached hydrogen (secondary N) is 1. The zero-order valence-corrected chi connectivity index (χ0v) is 21.0. The molecule has 3 unspecified atom stereocenters. The molecular formula is C19H27ClN4O9P2. The van der Waals surface area contributed by atoms with E-state index in [9.17, 15) is 24.2 Å². The molecular weight excluding hydrogens is 526 g/mol. The van der Waals surface area contributed by atoms with Crippen molar-refractivity contribution in [3.8, 4) is 0 Å². The van der Waals surface area contributed by atoms with Gasteiger partial charge in [-0.25, -0.2) is 9.50 Å². The van der Waals surface area contributed by atoms with E-state index in [4.69, 9.17) is 30.6 Å². The van der Waals surface area contributed by atoms with Crippen molar-refractivity contribution in [2.24, 2.45) is 11.8 Å². The molecule has 1 aliphatic heterocycles. The molecule has 3 heterocycles. The van der Waals surface area contributed by atoms with E-state index in [0.717, 1.165) is 18.0 Å². The third kappa shape index (κ3) is 5.31. The van der Waals surface area contributed by atoms with Crippen LogP contribution < -0.4 is 5.32 Å². The van der Waals surface area contributed by atoms with E-state index in [1.807, 2.05) is 0 Å². The number of aromatic nitrogens is 3. The molecule has 2 saturated carbocycles. The molecule has 35 heavy (non-hydrogen) atoms. The molecule has 2 aliphatic carbocycles. The summed E-state index contributed by atoms with van der Waals surface area (Å²) in [7, 11) is -9.47. The average Bonchev–Trinajstić information content (AvgIpc) is 3.51. The average molecular weight is 553 g/mol. The van der Waals surface area contributed by atoms with Crippen molar-refractivity contribution in [3.63, 3.8) is 0 Å². The van der Waals surface area contributed by atoms with Gasteiger partial charge < -0.3 is 39.5 Å². The Kier molecular flexibility index (Phi) is 6.80. The summed E-state index contributed by atoms with van der Waals surface area (Å²) in [5.41, 5.74) is 1.35. The van der Waals surface area contributed by atoms with Gasteiger partial charge in [0.25, 0.3) is 0 Å². The van der Waals surface area contributed by atoms with Crippen molar-refractivity contribution in [3.05, 3.63) is 23.2 Å². The predicted octanol–water partition coefficient (Wildman–Crippen LogP) is 1.48. The third-order valence-electron chi connectivity index (χ3n) is 7.00. The fourth-order valence-electron chi connectivity index (χ4n) is 5.46. The number of halogens is 1. The first-order valence-corrected chi connectivity index (χ1v) is 15.2. The van der Waals surface area contributed by atoms with Crippen LogP contribution in [0, 0.1) is 11.8 Å². The van der Waals surface area contributed by atoms with Gasteiger partial charge in [-0.2, -0.15) is 5.10 Å². The molecule has 3 aliphatic rings. The highest BCUT2D eigenvalue weighted by Crippen LogP contribution is 2.55. The Morgan fingerprint density at radius 1 is 1.20 bits per heavy atom. The van der Waals surface area contributed by atoms with Crippen molar-refractivity contribution < 1.29 is 43.3 Å². The highest BCUT2D eigenvalue weighted by molar-refractivity contribution is 7.70. The van der Waals surface area contributed by atoms with Crippen LogP contribution in [0.2, 0.25) is 5.15 Å². The lowest BCUT2D eigenvalue weighted by Crippen LogP contribution is -2.33. The largest absolute Gasteiger partial charge is 0.387 e. The zero-order valence-electron chi connectivity index (χ0n) is 18.4. The maximum Gasteiger partial charge on any atom is 0.340 e. The molecule has 0 amide bonds. The van der Waals surface area contributed by atoms with Gasteiger partial charge in [0.2, 0.25) is 0 Å². The molecule has 2 aromatic rings. The number of imidazole rings is 1. The Hall–Kier alpha value is -1.11. The number of fused-ring (bicyclic) bond motifs is 3. The van der Waals surface area contributed by atoms with Crippen LogP contribution in [0.1, 0.15) is 37.6 Å². The summed E-state index contributed by atoms with van der Waals surface area (Å²) in [4.78, 5) is 31.8. The number of rotatable bonds is 8. The molecule has 8 atom stereocenters. The van der Waals surface area contributed by atoms with E-state index in [0.29, 0.717) is 17.5 Å². The lowest BCUT2D eigenvalue weighted by molar-refractivity contribution is -0.0217. The van der Waals surface area contributed by atoms with Gasteiger partial charge in [0, 0.05) is 12.1 Å². The Bertz CT molecular complexity index is 1210. The molecule has 6 N–H and O–H groups in total. The summed E-state index contributed by atoms with van der Waals surface area (Å²) in [5.74, 6) is 0.138. The van der Waals surface area contributed by atoms with Crippen LogP contribution in [0.3, 0.4) is 0 Å². The third-order valence-corrected chi connectivity index (χ3v) is 10.6. The minimum absolute atomic E-state index is 0.162. The van der Waals surface area contributed by atoms with Gasteiger partial charge in [-0.05, 0) is 31.1 Å². The van der Waals surface area contributed by atoms with Gasteiger partial charge >= 0.3 is 15.2 Å². The van der Waals surface area contributed by atoms with Crippen LogP contribution in [0.25, 0.3) is 5.52 Å². The Morgan fingerprint density at radius 2 is 1.97 bits per heavy atom. The summed E-state index contributed by atoms with van der Waals surface area (Å²) in [6, 6.07) is 2.04. The second-order valence-corrected chi connectivity index (χ2v) is 13.9. The van der Waals surface area contributed by atoms with Crippen molar-refractivity contribution in [1.82, 2.24) is 14.6 Å². The van der Waals surface area contributed by atoms with Crippen LogP contribution in [-0.2, 0) is 18.4 Å². The van der Waals surface area contributed by atoms with Gasteiger partial charge in [-0.1, -0.05) is 18.0 Å². The summed E-state index contributed by atoms with van der Waals surface area (Å²) in [5, 5.41) is 29.0. The Morgan fingerprint density at radius 3 is 2.63 bits per heavy atom. The molecule has 2 aromatic heterocycles. The second kappa shape index (κ2) is 9.33. The highest BCUT2D eigenvalue weighted by Gasteiger charge is 2.47. The van der Waals surface area contributed by atoms with Crippen LogP contribution in [-0.4, -0.2) is 76.4 Å². The number of anilines is 1. The number of aliphatic hydroxyl groups excluding tert-OH is 2. The SMILES string of the molecule is O=P(O)(O)CP(=O)(O)OC[C@H]1O[C@@H](c2ncc3c(N[C@@H]4CC5CCC4C5)cc(Cl)nn23)[C@H](O)[C@@H]1O. The fraction of sp³-hybridized carbons (Fsp3) is 0.684. The van der Waals surface area contributed by atoms with Crippen molar-refractivity contribution in [2.45, 2.75) is 56.1 Å². The van der Waals surface area contributed by atoms with Crippen molar-refractivity contribution in [2.75, 3.05) is 17.8 Å². The number of aliphatic hydroxyl groups is 2. The van der Waals surface area contributed by atoms with E-state index in [1.54, 1.807) is 12.3 Å². The van der Waals surface area contributed by atoms with Crippen LogP contribution in [0.15, 0.2) is 12.3 Å². The molecule has 0 spiro atoms. The standard InChI is InChI=1S/C19H27ClN4O9P2/c20-15-5-12(22-11-4-9-1-2-10(11)3-9)13-6-21-19(24(13)23-15)18-17(26)16(25)14(33-18)7-32-35(30,31)8-34(27,28)29/h5-6,9-11,14,16-18,22,25-26H,1-4,7-8H2,(H,30,31)(H2,27,28,29)/t9?,10?,11-,14-,16-,17-,18-/m1/s1. The fourth-order valence-corrected chi connectivity index (χ4v) is 8.21. The van der Waals surface area contributed by atoms with E-state index in [2.05, 4.69) is 15.4 Å². The normalized spacial score (nSPS) is 34.5. The first-order valence-electron chi connectivity index (χ1n) is 11.2. The summed E-state index contributed by atoms with van der Waals surface area (Å²) in [6.45, 7) is -0.683. The maximum absolute atomic E-state index is 11.9. The number of nitrogens with zero attached hydrogens (tertiary/aromatic N) is 3. The van der Waals surface area contributed by atoms with Gasteiger partial charge in [0.1, 0.15) is 29.9 Å². The first-order chi connectivity index (χ1) is 16.4. The Labute approximate surface area is 205 Å². The molecule has 3 fully saturated rings. The molecule has 194 valence electrons. The molecule has 0 radical (unpaired) electrons. The lowest BCUT2D eigenvalue weighted by atomic mass is 9.95. The van der Waals surface area contributed by atoms with Gasteiger partial charge in [-0.3, -0.25) is 9.13 Å². The summed E-state index contributed by atoms with van der Waals surface area (Å²) >= 11 is 6.28. The first kappa shape index (κ1) is 25.5. The number of hydrogen-bond donors (Lipinski definition) is 6. The predicted molar refractivity (Wildman–Crippen MR) is 123 cm³/mol. The highest BCUT2D eigenvalue weighted by atomic mass is 35.5. The van der Waals surface area contributed by atoms with Crippen molar-refractivity contribution in [1.29, 1.82) is 0 Å². The minimum Gasteiger partial charge on any atom is -0.387 e. The topological polar surface area (TPSA) is 196 Å². The summed E-state index contributed by atoms with van der Waals surface area (Å²) in [6.07, 6.45) is 0.907. The minimum atomic E-state index is -4.81. The van der Waals surface area contributed by atoms with Crippen LogP contribution >= 0.6 is 26.8 Å². The lowest BCUT2D eigenvalue weighted by Gasteiger charge is -2.24. The van der Waals surface area contributed by atoms with Crippen molar-refractivity contribution >= 4 is 38.0 Å².